The lowest BCUT2D eigenvalue weighted by Crippen LogP contribution is -2.55. The summed E-state index contributed by atoms with van der Waals surface area (Å²) in [4.78, 5) is 17.8. The summed E-state index contributed by atoms with van der Waals surface area (Å²) < 4.78 is 11.9. The number of amides is 1. The van der Waals surface area contributed by atoms with Gasteiger partial charge in [0.25, 0.3) is 0 Å². The third-order valence-corrected chi connectivity index (χ3v) is 7.72. The zero-order valence-corrected chi connectivity index (χ0v) is 18.1. The van der Waals surface area contributed by atoms with Crippen molar-refractivity contribution in [1.29, 1.82) is 0 Å². The van der Waals surface area contributed by atoms with Crippen molar-refractivity contribution in [3.63, 3.8) is 0 Å². The van der Waals surface area contributed by atoms with Crippen molar-refractivity contribution >= 4 is 5.91 Å². The minimum absolute atomic E-state index is 0.0286. The van der Waals surface area contributed by atoms with Gasteiger partial charge in [-0.1, -0.05) is 30.3 Å². The van der Waals surface area contributed by atoms with Gasteiger partial charge in [0.05, 0.1) is 5.60 Å². The number of likely N-dealkylation sites (tertiary alicyclic amines) is 1. The van der Waals surface area contributed by atoms with Gasteiger partial charge in [0.15, 0.2) is 0 Å². The molecule has 5 rings (SSSR count). The van der Waals surface area contributed by atoms with Crippen molar-refractivity contribution in [3.05, 3.63) is 35.9 Å². The third kappa shape index (κ3) is 4.58. The van der Waals surface area contributed by atoms with Gasteiger partial charge in [-0.05, 0) is 56.9 Å². The van der Waals surface area contributed by atoms with Gasteiger partial charge < -0.3 is 14.4 Å². The predicted molar refractivity (Wildman–Crippen MR) is 116 cm³/mol. The van der Waals surface area contributed by atoms with Crippen LogP contribution in [0, 0.1) is 5.92 Å². The summed E-state index contributed by atoms with van der Waals surface area (Å²) in [7, 11) is 0. The molecule has 0 aromatic heterocycles. The van der Waals surface area contributed by atoms with Crippen LogP contribution in [0.25, 0.3) is 0 Å². The molecule has 1 aromatic rings. The maximum Gasteiger partial charge on any atom is 0.225 e. The average Bonchev–Trinajstić information content (AvgIpc) is 3.64. The zero-order chi connectivity index (χ0) is 20.4. The van der Waals surface area contributed by atoms with Crippen molar-refractivity contribution in [2.75, 3.05) is 32.9 Å². The first-order valence-electron chi connectivity index (χ1n) is 12.0. The Labute approximate surface area is 180 Å². The zero-order valence-electron chi connectivity index (χ0n) is 18.1. The highest BCUT2D eigenvalue weighted by molar-refractivity contribution is 5.79. The van der Waals surface area contributed by atoms with E-state index in [0.717, 1.165) is 84.0 Å². The summed E-state index contributed by atoms with van der Waals surface area (Å²) in [6.07, 6.45) is 8.68. The molecule has 1 atom stereocenters. The maximum absolute atomic E-state index is 12.9. The normalized spacial score (nSPS) is 27.5. The van der Waals surface area contributed by atoms with E-state index in [-0.39, 0.29) is 11.5 Å². The van der Waals surface area contributed by atoms with Gasteiger partial charge in [0.1, 0.15) is 0 Å². The SMILES string of the molecule is O=C(C1CCOCC1)N1CCC2(CC1)CC(N(Cc1ccccc1)C1CC1)CCO2. The van der Waals surface area contributed by atoms with E-state index in [1.54, 1.807) is 0 Å². The summed E-state index contributed by atoms with van der Waals surface area (Å²) >= 11 is 0. The Morgan fingerprint density at radius 3 is 2.40 bits per heavy atom. The summed E-state index contributed by atoms with van der Waals surface area (Å²) in [5.41, 5.74) is 1.39. The highest BCUT2D eigenvalue weighted by atomic mass is 16.5. The lowest BCUT2D eigenvalue weighted by molar-refractivity contribution is -0.154. The first-order chi connectivity index (χ1) is 14.7. The Hall–Kier alpha value is -1.43. The van der Waals surface area contributed by atoms with Gasteiger partial charge in [-0.15, -0.1) is 0 Å². The first kappa shape index (κ1) is 20.5. The van der Waals surface area contributed by atoms with Crippen LogP contribution in [0.2, 0.25) is 0 Å². The molecule has 4 aliphatic rings. The minimum Gasteiger partial charge on any atom is -0.381 e. The van der Waals surface area contributed by atoms with E-state index in [1.807, 2.05) is 0 Å². The molecule has 1 amide bonds. The van der Waals surface area contributed by atoms with Gasteiger partial charge in [-0.2, -0.15) is 0 Å². The molecule has 5 nitrogen and oxygen atoms in total. The van der Waals surface area contributed by atoms with Crippen molar-refractivity contribution < 1.29 is 14.3 Å². The summed E-state index contributed by atoms with van der Waals surface area (Å²) in [5.74, 6) is 0.522. The molecule has 4 fully saturated rings. The lowest BCUT2D eigenvalue weighted by Gasteiger charge is -2.49. The van der Waals surface area contributed by atoms with E-state index >= 15 is 0 Å². The molecule has 1 spiro atoms. The van der Waals surface area contributed by atoms with E-state index in [9.17, 15) is 4.79 Å². The second kappa shape index (κ2) is 8.97. The monoisotopic (exact) mass is 412 g/mol. The van der Waals surface area contributed by atoms with Crippen molar-refractivity contribution in [1.82, 2.24) is 9.80 Å². The highest BCUT2D eigenvalue weighted by Gasteiger charge is 2.45. The van der Waals surface area contributed by atoms with Gasteiger partial charge >= 0.3 is 0 Å². The topological polar surface area (TPSA) is 42.0 Å². The highest BCUT2D eigenvalue weighted by Crippen LogP contribution is 2.41. The van der Waals surface area contributed by atoms with Crippen molar-refractivity contribution in [2.45, 2.75) is 75.6 Å². The number of benzene rings is 1. The van der Waals surface area contributed by atoms with E-state index < -0.39 is 0 Å². The smallest absolute Gasteiger partial charge is 0.225 e. The molecule has 30 heavy (non-hydrogen) atoms. The number of carbonyl (C=O) groups excluding carboxylic acids is 1. The van der Waals surface area contributed by atoms with Crippen LogP contribution in [0.1, 0.15) is 56.9 Å². The van der Waals surface area contributed by atoms with Crippen LogP contribution in [-0.2, 0) is 20.8 Å². The van der Waals surface area contributed by atoms with Gasteiger partial charge in [0.2, 0.25) is 5.91 Å². The molecule has 1 saturated carbocycles. The Bertz CT molecular complexity index is 706. The van der Waals surface area contributed by atoms with Crippen LogP contribution >= 0.6 is 0 Å². The molecule has 1 unspecified atom stereocenters. The Morgan fingerprint density at radius 1 is 0.967 bits per heavy atom. The van der Waals surface area contributed by atoms with E-state index in [4.69, 9.17) is 9.47 Å². The van der Waals surface area contributed by atoms with E-state index in [2.05, 4.69) is 40.1 Å². The number of piperidine rings is 1. The number of hydrogen-bond acceptors (Lipinski definition) is 4. The molecular formula is C25H36N2O3. The molecule has 0 N–H and O–H groups in total. The lowest BCUT2D eigenvalue weighted by atomic mass is 9.81. The standard InChI is InChI=1S/C25H36N2O3/c28-24(21-8-15-29-16-9-21)26-13-11-25(12-14-26)18-23(10-17-30-25)27(22-6-7-22)19-20-4-2-1-3-5-20/h1-5,21-23H,6-19H2. The van der Waals surface area contributed by atoms with Gasteiger partial charge in [-0.25, -0.2) is 0 Å². The first-order valence-corrected chi connectivity index (χ1v) is 12.0. The Balaban J connectivity index is 1.20. The minimum atomic E-state index is -0.0286. The molecule has 3 heterocycles. The largest absolute Gasteiger partial charge is 0.381 e. The van der Waals surface area contributed by atoms with E-state index in [1.165, 1.54) is 18.4 Å². The fraction of sp³-hybridized carbons (Fsp3) is 0.720. The predicted octanol–water partition coefficient (Wildman–Crippen LogP) is 3.62. The number of rotatable bonds is 5. The quantitative estimate of drug-likeness (QED) is 0.741. The number of carbonyl (C=O) groups is 1. The molecule has 0 bridgehead atoms. The molecule has 164 valence electrons. The maximum atomic E-state index is 12.9. The van der Waals surface area contributed by atoms with Crippen LogP contribution < -0.4 is 0 Å². The Morgan fingerprint density at radius 2 is 1.70 bits per heavy atom. The fourth-order valence-electron chi connectivity index (χ4n) is 5.73. The number of hydrogen-bond donors (Lipinski definition) is 0. The van der Waals surface area contributed by atoms with Crippen LogP contribution in [0.4, 0.5) is 0 Å². The average molecular weight is 413 g/mol. The molecule has 1 aliphatic carbocycles. The summed E-state index contributed by atoms with van der Waals surface area (Å²) in [6, 6.07) is 12.3. The number of ether oxygens (including phenoxy) is 2. The molecular weight excluding hydrogens is 376 g/mol. The fourth-order valence-corrected chi connectivity index (χ4v) is 5.73. The van der Waals surface area contributed by atoms with E-state index in [0.29, 0.717) is 11.9 Å². The van der Waals surface area contributed by atoms with Gasteiger partial charge in [0, 0.05) is 57.5 Å². The molecule has 3 saturated heterocycles. The Kier molecular flexibility index (Phi) is 6.12. The molecule has 5 heteroatoms. The van der Waals surface area contributed by atoms with Crippen LogP contribution in [0.15, 0.2) is 30.3 Å². The summed E-state index contributed by atoms with van der Waals surface area (Å²) in [5, 5.41) is 0. The van der Waals surface area contributed by atoms with Crippen LogP contribution in [-0.4, -0.2) is 66.3 Å². The van der Waals surface area contributed by atoms with Gasteiger partial charge in [-0.3, -0.25) is 9.69 Å². The summed E-state index contributed by atoms with van der Waals surface area (Å²) in [6.45, 7) is 5.09. The second-order valence-electron chi connectivity index (χ2n) is 9.78. The molecule has 0 radical (unpaired) electrons. The van der Waals surface area contributed by atoms with Crippen LogP contribution in [0.5, 0.6) is 0 Å². The van der Waals surface area contributed by atoms with Crippen molar-refractivity contribution in [3.8, 4) is 0 Å². The molecule has 1 aromatic carbocycles. The van der Waals surface area contributed by atoms with Crippen LogP contribution in [0.3, 0.4) is 0 Å². The number of nitrogens with zero attached hydrogens (tertiary/aromatic N) is 2. The second-order valence-corrected chi connectivity index (χ2v) is 9.78. The van der Waals surface area contributed by atoms with Crippen molar-refractivity contribution in [2.24, 2.45) is 5.92 Å². The third-order valence-electron chi connectivity index (χ3n) is 7.72. The molecule has 3 aliphatic heterocycles.